The molecule has 0 aromatic carbocycles. The molecule has 180 valence electrons. The van der Waals surface area contributed by atoms with Crippen molar-refractivity contribution in [2.75, 3.05) is 62.2 Å². The van der Waals surface area contributed by atoms with Crippen molar-refractivity contribution in [3.63, 3.8) is 0 Å². The standard InChI is InChI=1S/C25H36N6O.ClH/c1-17-15-19(3)23(26-21(17)5)28-7-11-30(12-8-28)25(32)31-13-9-29(10-14-31)24-20(4)16-18(2)22(6)27-24;/h15-16H,7-14H2,1-6H3;1H. The quantitative estimate of drug-likeness (QED) is 0.665. The number of carbonyl (C=O) groups excluding carboxylic acids is 1. The Morgan fingerprint density at radius 3 is 1.27 bits per heavy atom. The van der Waals surface area contributed by atoms with Gasteiger partial charge in [-0.15, -0.1) is 12.4 Å². The number of pyridine rings is 2. The highest BCUT2D eigenvalue weighted by Crippen LogP contribution is 2.24. The molecule has 0 saturated carbocycles. The molecule has 33 heavy (non-hydrogen) atoms. The Labute approximate surface area is 204 Å². The molecule has 2 aromatic heterocycles. The molecule has 0 N–H and O–H groups in total. The van der Waals surface area contributed by atoms with E-state index in [-0.39, 0.29) is 18.4 Å². The number of aryl methyl sites for hydroxylation is 6. The van der Waals surface area contributed by atoms with Gasteiger partial charge in [-0.05, 0) is 63.8 Å². The van der Waals surface area contributed by atoms with Gasteiger partial charge in [-0.1, -0.05) is 12.1 Å². The minimum atomic E-state index is 0. The number of aromatic nitrogens is 2. The van der Waals surface area contributed by atoms with E-state index in [9.17, 15) is 4.79 Å². The summed E-state index contributed by atoms with van der Waals surface area (Å²) in [4.78, 5) is 31.4. The molecule has 4 rings (SSSR count). The number of urea groups is 1. The first kappa shape index (κ1) is 25.1. The average Bonchev–Trinajstić information content (AvgIpc) is 2.78. The van der Waals surface area contributed by atoms with E-state index in [0.29, 0.717) is 0 Å². The molecule has 2 aromatic rings. The highest BCUT2D eigenvalue weighted by atomic mass is 35.5. The zero-order valence-electron chi connectivity index (χ0n) is 20.8. The minimum absolute atomic E-state index is 0. The summed E-state index contributed by atoms with van der Waals surface area (Å²) in [6.07, 6.45) is 0. The Morgan fingerprint density at radius 2 is 0.939 bits per heavy atom. The van der Waals surface area contributed by atoms with Crippen LogP contribution in [0.25, 0.3) is 0 Å². The number of carbonyl (C=O) groups is 1. The van der Waals surface area contributed by atoms with Crippen LogP contribution in [0, 0.1) is 41.5 Å². The summed E-state index contributed by atoms with van der Waals surface area (Å²) in [5.74, 6) is 2.12. The molecule has 0 atom stereocenters. The smallest absolute Gasteiger partial charge is 0.320 e. The summed E-state index contributed by atoms with van der Waals surface area (Å²) in [6, 6.07) is 4.58. The summed E-state index contributed by atoms with van der Waals surface area (Å²) < 4.78 is 0. The number of halogens is 1. The molecule has 2 aliphatic rings. The highest BCUT2D eigenvalue weighted by molar-refractivity contribution is 5.85. The van der Waals surface area contributed by atoms with Gasteiger partial charge in [0.1, 0.15) is 11.6 Å². The van der Waals surface area contributed by atoms with Crippen molar-refractivity contribution in [3.05, 3.63) is 45.8 Å². The van der Waals surface area contributed by atoms with Gasteiger partial charge in [0, 0.05) is 63.7 Å². The number of hydrogen-bond acceptors (Lipinski definition) is 5. The summed E-state index contributed by atoms with van der Waals surface area (Å²) in [7, 11) is 0. The van der Waals surface area contributed by atoms with Crippen LogP contribution in [-0.4, -0.2) is 78.2 Å². The van der Waals surface area contributed by atoms with Gasteiger partial charge in [0.25, 0.3) is 0 Å². The van der Waals surface area contributed by atoms with Crippen LogP contribution >= 0.6 is 12.4 Å². The molecule has 2 saturated heterocycles. The molecule has 4 heterocycles. The second-order valence-corrected chi connectivity index (χ2v) is 9.29. The van der Waals surface area contributed by atoms with Crippen LogP contribution < -0.4 is 9.80 Å². The first-order chi connectivity index (χ1) is 15.2. The molecule has 8 heteroatoms. The lowest BCUT2D eigenvalue weighted by molar-refractivity contribution is 0.147. The number of piperazine rings is 2. The van der Waals surface area contributed by atoms with Gasteiger partial charge in [-0.2, -0.15) is 0 Å². The third-order valence-corrected chi connectivity index (χ3v) is 6.96. The van der Waals surface area contributed by atoms with Crippen LogP contribution in [0.4, 0.5) is 16.4 Å². The Bertz CT molecular complexity index is 931. The largest absolute Gasteiger partial charge is 0.353 e. The third-order valence-electron chi connectivity index (χ3n) is 6.96. The van der Waals surface area contributed by atoms with E-state index >= 15 is 0 Å². The first-order valence-electron chi connectivity index (χ1n) is 11.7. The predicted molar refractivity (Wildman–Crippen MR) is 137 cm³/mol. The Morgan fingerprint density at radius 1 is 0.606 bits per heavy atom. The second kappa shape index (κ2) is 10.2. The summed E-state index contributed by atoms with van der Waals surface area (Å²) in [5.41, 5.74) is 7.03. The van der Waals surface area contributed by atoms with Gasteiger partial charge < -0.3 is 19.6 Å². The average molecular weight is 473 g/mol. The highest BCUT2D eigenvalue weighted by Gasteiger charge is 2.29. The van der Waals surface area contributed by atoms with Gasteiger partial charge in [0.2, 0.25) is 0 Å². The van der Waals surface area contributed by atoms with E-state index < -0.39 is 0 Å². The number of rotatable bonds is 2. The summed E-state index contributed by atoms with van der Waals surface area (Å²) >= 11 is 0. The van der Waals surface area contributed by atoms with Crippen LogP contribution in [0.3, 0.4) is 0 Å². The van der Waals surface area contributed by atoms with E-state index in [1.54, 1.807) is 0 Å². The van der Waals surface area contributed by atoms with Crippen molar-refractivity contribution in [2.45, 2.75) is 41.5 Å². The fourth-order valence-corrected chi connectivity index (χ4v) is 4.72. The molecule has 0 radical (unpaired) electrons. The molecular formula is C25H37ClN6O. The molecule has 2 amide bonds. The van der Waals surface area contributed by atoms with Crippen LogP contribution in [0.2, 0.25) is 0 Å². The number of nitrogens with zero attached hydrogens (tertiary/aromatic N) is 6. The maximum atomic E-state index is 13.2. The monoisotopic (exact) mass is 472 g/mol. The van der Waals surface area contributed by atoms with E-state index in [0.717, 1.165) is 75.4 Å². The number of hydrogen-bond donors (Lipinski definition) is 0. The maximum Gasteiger partial charge on any atom is 0.320 e. The molecule has 2 aliphatic heterocycles. The molecule has 7 nitrogen and oxygen atoms in total. The van der Waals surface area contributed by atoms with Gasteiger partial charge >= 0.3 is 6.03 Å². The van der Waals surface area contributed by atoms with Crippen molar-refractivity contribution in [1.29, 1.82) is 0 Å². The fourth-order valence-electron chi connectivity index (χ4n) is 4.72. The Balaban J connectivity index is 0.00000306. The third kappa shape index (κ3) is 5.18. The molecular weight excluding hydrogens is 436 g/mol. The first-order valence-corrected chi connectivity index (χ1v) is 11.7. The Kier molecular flexibility index (Phi) is 7.73. The van der Waals surface area contributed by atoms with Crippen LogP contribution in [-0.2, 0) is 0 Å². The maximum absolute atomic E-state index is 13.2. The number of anilines is 2. The summed E-state index contributed by atoms with van der Waals surface area (Å²) in [6.45, 7) is 18.9. The Hall–Kier alpha value is -2.54. The van der Waals surface area contributed by atoms with Crippen molar-refractivity contribution < 1.29 is 4.79 Å². The van der Waals surface area contributed by atoms with Crippen molar-refractivity contribution in [2.24, 2.45) is 0 Å². The van der Waals surface area contributed by atoms with Crippen LogP contribution in [0.1, 0.15) is 33.6 Å². The lowest BCUT2D eigenvalue weighted by atomic mass is 10.1. The molecule has 2 fully saturated rings. The lowest BCUT2D eigenvalue weighted by Crippen LogP contribution is -2.57. The van der Waals surface area contributed by atoms with Gasteiger partial charge in [-0.25, -0.2) is 14.8 Å². The predicted octanol–water partition coefficient (Wildman–Crippen LogP) is 3.81. The molecule has 0 bridgehead atoms. The van der Waals surface area contributed by atoms with Crippen molar-refractivity contribution >= 4 is 30.1 Å². The van der Waals surface area contributed by atoms with Crippen LogP contribution in [0.5, 0.6) is 0 Å². The molecule has 0 spiro atoms. The zero-order valence-corrected chi connectivity index (χ0v) is 21.6. The van der Waals surface area contributed by atoms with E-state index in [1.165, 1.54) is 22.3 Å². The second-order valence-electron chi connectivity index (χ2n) is 9.29. The summed E-state index contributed by atoms with van der Waals surface area (Å²) in [5, 5.41) is 0. The van der Waals surface area contributed by atoms with Crippen molar-refractivity contribution in [1.82, 2.24) is 19.8 Å². The minimum Gasteiger partial charge on any atom is -0.353 e. The normalized spacial score (nSPS) is 16.7. The SMILES string of the molecule is Cc1cc(C)c(N2CCN(C(=O)N3CCN(c4nc(C)c(C)cc4C)CC3)CC2)nc1C.Cl. The topological polar surface area (TPSA) is 55.8 Å². The van der Waals surface area contributed by atoms with E-state index in [4.69, 9.17) is 9.97 Å². The number of amides is 2. The molecule has 0 aliphatic carbocycles. The zero-order chi connectivity index (χ0) is 23.0. The van der Waals surface area contributed by atoms with Gasteiger partial charge in [-0.3, -0.25) is 0 Å². The lowest BCUT2D eigenvalue weighted by Gasteiger charge is -2.41. The van der Waals surface area contributed by atoms with Gasteiger partial charge in [0.15, 0.2) is 0 Å². The molecule has 0 unspecified atom stereocenters. The van der Waals surface area contributed by atoms with E-state index in [2.05, 4.69) is 63.5 Å². The van der Waals surface area contributed by atoms with Crippen molar-refractivity contribution in [3.8, 4) is 0 Å². The van der Waals surface area contributed by atoms with E-state index in [1.807, 2.05) is 9.80 Å². The van der Waals surface area contributed by atoms with Gasteiger partial charge in [0.05, 0.1) is 0 Å². The van der Waals surface area contributed by atoms with Crippen LogP contribution in [0.15, 0.2) is 12.1 Å². The fraction of sp³-hybridized carbons (Fsp3) is 0.560.